The van der Waals surface area contributed by atoms with Crippen LogP contribution in [0.4, 0.5) is 0 Å². The van der Waals surface area contributed by atoms with E-state index in [9.17, 15) is 14.7 Å². The molecular weight excluding hydrogens is 296 g/mol. The van der Waals surface area contributed by atoms with Gasteiger partial charge in [-0.1, -0.05) is 30.3 Å². The molecule has 0 aliphatic heterocycles. The quantitative estimate of drug-likeness (QED) is 0.276. The monoisotopic (exact) mass is 320 g/mol. The van der Waals surface area contributed by atoms with Gasteiger partial charge in [-0.15, -0.1) is 0 Å². The summed E-state index contributed by atoms with van der Waals surface area (Å²) in [4.78, 5) is 27.2. The molecule has 0 heterocycles. The molecule has 0 saturated carbocycles. The first-order valence-corrected chi connectivity index (χ1v) is 7.50. The highest BCUT2D eigenvalue weighted by Crippen LogP contribution is 2.14. The summed E-state index contributed by atoms with van der Waals surface area (Å²) >= 11 is 0. The first-order chi connectivity index (χ1) is 10.9. The zero-order chi connectivity index (χ0) is 17.2. The van der Waals surface area contributed by atoms with Crippen LogP contribution in [0.25, 0.3) is 0 Å². The average Bonchev–Trinajstić information content (AvgIpc) is 2.50. The minimum atomic E-state index is -1.00. The fourth-order valence-electron chi connectivity index (χ4n) is 2.23. The first-order valence-electron chi connectivity index (χ1n) is 7.50. The number of carboxylic acid groups (broad SMARTS) is 1. The molecule has 0 spiro atoms. The first kappa shape index (κ1) is 18.6. The zero-order valence-corrected chi connectivity index (χ0v) is 13.0. The lowest BCUT2D eigenvalue weighted by atomic mass is 9.92. The standard InChI is InChI=1S/C16H24N4O3/c17-13(9-11-5-2-1-3-6-11)14(21)10-12(15(22)23)7-4-8-20-16(18)19/h1-3,5-6,12-13H,4,7-10,17H2,(H,22,23)(H4,18,19,20)/t12-,13-/m0/s1. The maximum absolute atomic E-state index is 12.1. The van der Waals surface area contributed by atoms with Gasteiger partial charge in [0.2, 0.25) is 0 Å². The smallest absolute Gasteiger partial charge is 0.306 e. The van der Waals surface area contributed by atoms with Crippen molar-refractivity contribution in [1.82, 2.24) is 0 Å². The molecule has 0 aliphatic carbocycles. The zero-order valence-electron chi connectivity index (χ0n) is 13.0. The van der Waals surface area contributed by atoms with E-state index in [1.807, 2.05) is 30.3 Å². The number of nitrogens with zero attached hydrogens (tertiary/aromatic N) is 1. The molecule has 2 atom stereocenters. The number of ketones is 1. The normalized spacial score (nSPS) is 13.1. The molecule has 0 amide bonds. The molecule has 7 heteroatoms. The third kappa shape index (κ3) is 7.42. The fourth-order valence-corrected chi connectivity index (χ4v) is 2.23. The number of carbonyl (C=O) groups excluding carboxylic acids is 1. The van der Waals surface area contributed by atoms with Gasteiger partial charge in [0, 0.05) is 13.0 Å². The summed E-state index contributed by atoms with van der Waals surface area (Å²) in [6, 6.07) is 8.70. The van der Waals surface area contributed by atoms with Gasteiger partial charge in [-0.2, -0.15) is 0 Å². The van der Waals surface area contributed by atoms with Crippen LogP contribution in [0, 0.1) is 5.92 Å². The molecule has 7 nitrogen and oxygen atoms in total. The second-order valence-electron chi connectivity index (χ2n) is 5.45. The Balaban J connectivity index is 2.49. The van der Waals surface area contributed by atoms with Gasteiger partial charge in [0.1, 0.15) is 0 Å². The van der Waals surface area contributed by atoms with Crippen molar-refractivity contribution < 1.29 is 14.7 Å². The van der Waals surface area contributed by atoms with Gasteiger partial charge in [-0.05, 0) is 24.8 Å². The number of hydrogen-bond acceptors (Lipinski definition) is 4. The van der Waals surface area contributed by atoms with E-state index in [0.29, 0.717) is 25.8 Å². The summed E-state index contributed by atoms with van der Waals surface area (Å²) in [5, 5.41) is 9.22. The van der Waals surface area contributed by atoms with E-state index in [0.717, 1.165) is 5.56 Å². The molecule has 126 valence electrons. The molecule has 0 unspecified atom stereocenters. The van der Waals surface area contributed by atoms with Crippen LogP contribution in [-0.2, 0) is 16.0 Å². The number of rotatable bonds is 10. The molecule has 0 aliphatic rings. The number of aliphatic imine (C=N–C) groups is 1. The predicted octanol–water partition coefficient (Wildman–Crippen LogP) is 0.270. The van der Waals surface area contributed by atoms with Crippen LogP contribution < -0.4 is 17.2 Å². The molecule has 0 saturated heterocycles. The minimum Gasteiger partial charge on any atom is -0.481 e. The van der Waals surface area contributed by atoms with Gasteiger partial charge in [0.15, 0.2) is 11.7 Å². The Bertz CT molecular complexity index is 542. The topological polar surface area (TPSA) is 145 Å². The summed E-state index contributed by atoms with van der Waals surface area (Å²) in [7, 11) is 0. The lowest BCUT2D eigenvalue weighted by Crippen LogP contribution is -2.35. The van der Waals surface area contributed by atoms with Crippen molar-refractivity contribution in [2.45, 2.75) is 31.7 Å². The van der Waals surface area contributed by atoms with Crippen LogP contribution in [0.1, 0.15) is 24.8 Å². The molecule has 0 radical (unpaired) electrons. The molecule has 1 aromatic rings. The number of hydrogen-bond donors (Lipinski definition) is 4. The predicted molar refractivity (Wildman–Crippen MR) is 88.8 cm³/mol. The number of benzene rings is 1. The molecule has 0 bridgehead atoms. The average molecular weight is 320 g/mol. The second-order valence-corrected chi connectivity index (χ2v) is 5.45. The Hall–Kier alpha value is -2.41. The van der Waals surface area contributed by atoms with E-state index in [1.165, 1.54) is 0 Å². The maximum atomic E-state index is 12.1. The SMILES string of the molecule is NC(N)=NCCC[C@@H](CC(=O)[C@@H](N)Cc1ccccc1)C(=O)O. The van der Waals surface area contributed by atoms with E-state index < -0.39 is 17.9 Å². The summed E-state index contributed by atoms with van der Waals surface area (Å²) in [5.74, 6) is -2.05. The van der Waals surface area contributed by atoms with Crippen molar-refractivity contribution in [3.8, 4) is 0 Å². The van der Waals surface area contributed by atoms with Crippen LogP contribution in [0.5, 0.6) is 0 Å². The van der Waals surface area contributed by atoms with Crippen molar-refractivity contribution in [3.05, 3.63) is 35.9 Å². The van der Waals surface area contributed by atoms with Crippen molar-refractivity contribution in [1.29, 1.82) is 0 Å². The highest BCUT2D eigenvalue weighted by molar-refractivity contribution is 5.87. The van der Waals surface area contributed by atoms with Gasteiger partial charge in [0.05, 0.1) is 12.0 Å². The van der Waals surface area contributed by atoms with Crippen molar-refractivity contribution in [2.24, 2.45) is 28.1 Å². The minimum absolute atomic E-state index is 0.0298. The van der Waals surface area contributed by atoms with Gasteiger partial charge in [-0.3, -0.25) is 14.6 Å². The molecular formula is C16H24N4O3. The van der Waals surface area contributed by atoms with Crippen LogP contribution >= 0.6 is 0 Å². The van der Waals surface area contributed by atoms with Gasteiger partial charge in [0.25, 0.3) is 0 Å². The third-order valence-corrected chi connectivity index (χ3v) is 3.51. The van der Waals surface area contributed by atoms with Crippen molar-refractivity contribution in [3.63, 3.8) is 0 Å². The summed E-state index contributed by atoms with van der Waals surface area (Å²) in [6.07, 6.45) is 1.15. The molecule has 23 heavy (non-hydrogen) atoms. The van der Waals surface area contributed by atoms with E-state index >= 15 is 0 Å². The number of Topliss-reactive ketones (excluding diaryl/α,β-unsaturated/α-hetero) is 1. The van der Waals surface area contributed by atoms with Crippen LogP contribution in [0.3, 0.4) is 0 Å². The van der Waals surface area contributed by atoms with Crippen LogP contribution in [-0.4, -0.2) is 35.4 Å². The van der Waals surface area contributed by atoms with Crippen molar-refractivity contribution >= 4 is 17.7 Å². The van der Waals surface area contributed by atoms with E-state index in [4.69, 9.17) is 17.2 Å². The Morgan fingerprint density at radius 1 is 1.17 bits per heavy atom. The summed E-state index contributed by atoms with van der Waals surface area (Å²) in [6.45, 7) is 0.344. The highest BCUT2D eigenvalue weighted by Gasteiger charge is 2.24. The number of guanidine groups is 1. The highest BCUT2D eigenvalue weighted by atomic mass is 16.4. The largest absolute Gasteiger partial charge is 0.481 e. The molecule has 7 N–H and O–H groups in total. The van der Waals surface area contributed by atoms with Crippen LogP contribution in [0.15, 0.2) is 35.3 Å². The van der Waals surface area contributed by atoms with E-state index in [2.05, 4.69) is 4.99 Å². The van der Waals surface area contributed by atoms with Crippen molar-refractivity contribution in [2.75, 3.05) is 6.54 Å². The van der Waals surface area contributed by atoms with Gasteiger partial charge in [-0.25, -0.2) is 0 Å². The molecule has 1 rings (SSSR count). The van der Waals surface area contributed by atoms with E-state index in [1.54, 1.807) is 0 Å². The Labute approximate surface area is 135 Å². The number of nitrogens with two attached hydrogens (primary N) is 3. The number of carboxylic acids is 1. The summed E-state index contributed by atoms with van der Waals surface area (Å²) < 4.78 is 0. The maximum Gasteiger partial charge on any atom is 0.306 e. The third-order valence-electron chi connectivity index (χ3n) is 3.51. The molecule has 0 aromatic heterocycles. The van der Waals surface area contributed by atoms with Gasteiger partial charge >= 0.3 is 5.97 Å². The summed E-state index contributed by atoms with van der Waals surface area (Å²) in [5.41, 5.74) is 17.3. The molecule has 0 fully saturated rings. The second kappa shape index (κ2) is 9.58. The Morgan fingerprint density at radius 2 is 1.83 bits per heavy atom. The lowest BCUT2D eigenvalue weighted by Gasteiger charge is -2.15. The Kier molecular flexibility index (Phi) is 7.76. The van der Waals surface area contributed by atoms with Gasteiger partial charge < -0.3 is 22.3 Å². The molecule has 1 aromatic carbocycles. The number of carbonyl (C=O) groups is 2. The number of aliphatic carboxylic acids is 1. The fraction of sp³-hybridized carbons (Fsp3) is 0.438. The lowest BCUT2D eigenvalue weighted by molar-refractivity contribution is -0.144. The van der Waals surface area contributed by atoms with Crippen LogP contribution in [0.2, 0.25) is 0 Å². The Morgan fingerprint density at radius 3 is 2.39 bits per heavy atom. The van der Waals surface area contributed by atoms with E-state index in [-0.39, 0.29) is 18.2 Å².